The van der Waals surface area contributed by atoms with Crippen molar-refractivity contribution in [3.63, 3.8) is 0 Å². The molecule has 114 valence electrons. The summed E-state index contributed by atoms with van der Waals surface area (Å²) in [5.41, 5.74) is 2.23. The average Bonchev–Trinajstić information content (AvgIpc) is 2.76. The van der Waals surface area contributed by atoms with Crippen molar-refractivity contribution >= 4 is 10.0 Å². The molecule has 0 spiro atoms. The zero-order valence-corrected chi connectivity index (χ0v) is 13.3. The molecular formula is C13H24N4O2S. The van der Waals surface area contributed by atoms with Crippen molar-refractivity contribution in [1.29, 1.82) is 0 Å². The number of hydrogen-bond donors (Lipinski definition) is 1. The highest BCUT2D eigenvalue weighted by atomic mass is 32.2. The molecule has 1 aliphatic rings. The molecule has 1 aromatic rings. The minimum absolute atomic E-state index is 0.383. The molecule has 0 amide bonds. The van der Waals surface area contributed by atoms with Crippen LogP contribution in [0.4, 0.5) is 0 Å². The van der Waals surface area contributed by atoms with E-state index >= 15 is 0 Å². The molecule has 1 aliphatic heterocycles. The summed E-state index contributed by atoms with van der Waals surface area (Å²) in [5.74, 6) is 0. The lowest BCUT2D eigenvalue weighted by Gasteiger charge is -2.30. The molecule has 7 heteroatoms. The SMILES string of the molecule is CCn1nc(C)cc1CNC1CCN(S(C)(=O)=O)CC1. The Morgan fingerprint density at radius 3 is 2.60 bits per heavy atom. The molecule has 2 heterocycles. The van der Waals surface area contributed by atoms with Gasteiger partial charge in [-0.1, -0.05) is 0 Å². The van der Waals surface area contributed by atoms with Crippen LogP contribution < -0.4 is 5.32 Å². The van der Waals surface area contributed by atoms with E-state index in [1.807, 2.05) is 11.6 Å². The Morgan fingerprint density at radius 2 is 2.05 bits per heavy atom. The zero-order chi connectivity index (χ0) is 14.8. The van der Waals surface area contributed by atoms with Crippen LogP contribution in [0.15, 0.2) is 6.07 Å². The van der Waals surface area contributed by atoms with Crippen LogP contribution in [0.5, 0.6) is 0 Å². The van der Waals surface area contributed by atoms with E-state index in [0.29, 0.717) is 19.1 Å². The minimum Gasteiger partial charge on any atom is -0.308 e. The van der Waals surface area contributed by atoms with E-state index in [4.69, 9.17) is 0 Å². The Labute approximate surface area is 121 Å². The first-order chi connectivity index (χ1) is 9.40. The summed E-state index contributed by atoms with van der Waals surface area (Å²) >= 11 is 0. The van der Waals surface area contributed by atoms with Crippen molar-refractivity contribution in [2.24, 2.45) is 0 Å². The highest BCUT2D eigenvalue weighted by Gasteiger charge is 2.24. The topological polar surface area (TPSA) is 67.2 Å². The second kappa shape index (κ2) is 6.24. The summed E-state index contributed by atoms with van der Waals surface area (Å²) in [6.07, 6.45) is 3.02. The van der Waals surface area contributed by atoms with Gasteiger partial charge in [-0.05, 0) is 32.8 Å². The Bertz CT molecular complexity index is 545. The minimum atomic E-state index is -3.03. The molecular weight excluding hydrogens is 276 g/mol. The van der Waals surface area contributed by atoms with Crippen LogP contribution in [-0.2, 0) is 23.1 Å². The van der Waals surface area contributed by atoms with Gasteiger partial charge in [-0.2, -0.15) is 5.10 Å². The number of nitrogens with one attached hydrogen (secondary N) is 1. The normalized spacial score (nSPS) is 18.6. The van der Waals surface area contributed by atoms with Gasteiger partial charge in [-0.3, -0.25) is 4.68 Å². The third-order valence-electron chi connectivity index (χ3n) is 3.78. The summed E-state index contributed by atoms with van der Waals surface area (Å²) in [4.78, 5) is 0. The number of aromatic nitrogens is 2. The average molecular weight is 300 g/mol. The van der Waals surface area contributed by atoms with Gasteiger partial charge in [0.15, 0.2) is 0 Å². The molecule has 0 aliphatic carbocycles. The van der Waals surface area contributed by atoms with Crippen LogP contribution >= 0.6 is 0 Å². The lowest BCUT2D eigenvalue weighted by atomic mass is 10.1. The molecule has 6 nitrogen and oxygen atoms in total. The van der Waals surface area contributed by atoms with Gasteiger partial charge in [0.05, 0.1) is 17.6 Å². The van der Waals surface area contributed by atoms with Gasteiger partial charge < -0.3 is 5.32 Å². The molecule has 1 saturated heterocycles. The maximum absolute atomic E-state index is 11.5. The molecule has 1 aromatic heterocycles. The van der Waals surface area contributed by atoms with Crippen LogP contribution in [0.25, 0.3) is 0 Å². The first-order valence-electron chi connectivity index (χ1n) is 7.12. The molecule has 1 fully saturated rings. The van der Waals surface area contributed by atoms with Crippen molar-refractivity contribution in [3.8, 4) is 0 Å². The van der Waals surface area contributed by atoms with Crippen molar-refractivity contribution in [3.05, 3.63) is 17.5 Å². The lowest BCUT2D eigenvalue weighted by molar-refractivity contribution is 0.288. The van der Waals surface area contributed by atoms with E-state index in [1.165, 1.54) is 11.9 Å². The Hall–Kier alpha value is -0.920. The predicted octanol–water partition coefficient (Wildman–Crippen LogP) is 0.725. The Morgan fingerprint density at radius 1 is 1.40 bits per heavy atom. The second-order valence-electron chi connectivity index (χ2n) is 5.41. The van der Waals surface area contributed by atoms with Crippen LogP contribution in [-0.4, -0.2) is 47.9 Å². The number of piperidine rings is 1. The number of rotatable bonds is 5. The summed E-state index contributed by atoms with van der Waals surface area (Å²) in [6.45, 7) is 6.97. The van der Waals surface area contributed by atoms with Crippen LogP contribution in [0.2, 0.25) is 0 Å². The third-order valence-corrected chi connectivity index (χ3v) is 5.08. The Balaban J connectivity index is 1.84. The smallest absolute Gasteiger partial charge is 0.211 e. The molecule has 0 atom stereocenters. The number of sulfonamides is 1. The fraction of sp³-hybridized carbons (Fsp3) is 0.769. The fourth-order valence-corrected chi connectivity index (χ4v) is 3.53. The van der Waals surface area contributed by atoms with Gasteiger partial charge in [0.2, 0.25) is 10.0 Å². The fourth-order valence-electron chi connectivity index (χ4n) is 2.66. The predicted molar refractivity (Wildman–Crippen MR) is 78.9 cm³/mol. The largest absolute Gasteiger partial charge is 0.308 e. The molecule has 1 N–H and O–H groups in total. The van der Waals surface area contributed by atoms with Crippen LogP contribution in [0, 0.1) is 6.92 Å². The highest BCUT2D eigenvalue weighted by Crippen LogP contribution is 2.14. The first kappa shape index (κ1) is 15.5. The highest BCUT2D eigenvalue weighted by molar-refractivity contribution is 7.88. The molecule has 0 bridgehead atoms. The summed E-state index contributed by atoms with van der Waals surface area (Å²) in [7, 11) is -3.03. The zero-order valence-electron chi connectivity index (χ0n) is 12.5. The van der Waals surface area contributed by atoms with Crippen LogP contribution in [0.1, 0.15) is 31.2 Å². The van der Waals surface area contributed by atoms with E-state index in [2.05, 4.69) is 23.4 Å². The van der Waals surface area contributed by atoms with E-state index in [1.54, 1.807) is 4.31 Å². The van der Waals surface area contributed by atoms with Gasteiger partial charge in [0, 0.05) is 32.2 Å². The van der Waals surface area contributed by atoms with E-state index in [9.17, 15) is 8.42 Å². The van der Waals surface area contributed by atoms with Gasteiger partial charge >= 0.3 is 0 Å². The van der Waals surface area contributed by atoms with E-state index < -0.39 is 10.0 Å². The van der Waals surface area contributed by atoms with E-state index in [-0.39, 0.29) is 0 Å². The van der Waals surface area contributed by atoms with E-state index in [0.717, 1.165) is 31.6 Å². The molecule has 0 aromatic carbocycles. The van der Waals surface area contributed by atoms with Crippen molar-refractivity contribution in [2.75, 3.05) is 19.3 Å². The quantitative estimate of drug-likeness (QED) is 0.870. The molecule has 0 radical (unpaired) electrons. The van der Waals surface area contributed by atoms with Crippen LogP contribution in [0.3, 0.4) is 0 Å². The number of aryl methyl sites for hydroxylation is 2. The molecule has 0 saturated carbocycles. The first-order valence-corrected chi connectivity index (χ1v) is 8.97. The Kier molecular flexibility index (Phi) is 4.82. The summed E-state index contributed by atoms with van der Waals surface area (Å²) < 4.78 is 26.5. The van der Waals surface area contributed by atoms with Gasteiger partial charge in [-0.25, -0.2) is 12.7 Å². The van der Waals surface area contributed by atoms with Crippen molar-refractivity contribution in [1.82, 2.24) is 19.4 Å². The maximum atomic E-state index is 11.5. The van der Waals surface area contributed by atoms with Gasteiger partial charge in [-0.15, -0.1) is 0 Å². The lowest BCUT2D eigenvalue weighted by Crippen LogP contribution is -2.44. The molecule has 2 rings (SSSR count). The summed E-state index contributed by atoms with van der Waals surface area (Å²) in [6, 6.07) is 2.48. The van der Waals surface area contributed by atoms with Crippen molar-refractivity contribution in [2.45, 2.75) is 45.8 Å². The second-order valence-corrected chi connectivity index (χ2v) is 7.39. The maximum Gasteiger partial charge on any atom is 0.211 e. The monoisotopic (exact) mass is 300 g/mol. The van der Waals surface area contributed by atoms with Gasteiger partial charge in [0.1, 0.15) is 0 Å². The summed E-state index contributed by atoms with van der Waals surface area (Å²) in [5, 5.41) is 7.94. The molecule has 0 unspecified atom stereocenters. The number of hydrogen-bond acceptors (Lipinski definition) is 4. The van der Waals surface area contributed by atoms with Crippen molar-refractivity contribution < 1.29 is 8.42 Å². The standard InChI is InChI=1S/C13H24N4O2S/c1-4-17-13(9-11(2)15-17)10-14-12-5-7-16(8-6-12)20(3,18)19/h9,12,14H,4-8,10H2,1-3H3. The molecule has 20 heavy (non-hydrogen) atoms. The number of nitrogens with zero attached hydrogens (tertiary/aromatic N) is 3. The third kappa shape index (κ3) is 3.80. The van der Waals surface area contributed by atoms with Gasteiger partial charge in [0.25, 0.3) is 0 Å².